The third-order valence-electron chi connectivity index (χ3n) is 6.83. The molecule has 0 spiro atoms. The minimum absolute atomic E-state index is 0.0795. The van der Waals surface area contributed by atoms with Gasteiger partial charge >= 0.3 is 0 Å². The Hall–Kier alpha value is -2.86. The van der Waals surface area contributed by atoms with Crippen LogP contribution in [0.15, 0.2) is 54.6 Å². The molecule has 0 aromatic heterocycles. The van der Waals surface area contributed by atoms with Crippen molar-refractivity contribution in [3.63, 3.8) is 0 Å². The number of rotatable bonds is 5. The lowest BCUT2D eigenvalue weighted by Crippen LogP contribution is -2.43. The molecule has 2 amide bonds. The van der Waals surface area contributed by atoms with Crippen molar-refractivity contribution in [1.82, 2.24) is 14.7 Å². The van der Waals surface area contributed by atoms with Crippen molar-refractivity contribution in [3.8, 4) is 5.75 Å². The Labute approximate surface area is 197 Å². The molecule has 0 N–H and O–H groups in total. The monoisotopic (exact) mass is 449 g/mol. The van der Waals surface area contributed by atoms with E-state index >= 15 is 0 Å². The molecule has 0 aliphatic carbocycles. The highest BCUT2D eigenvalue weighted by Crippen LogP contribution is 2.31. The summed E-state index contributed by atoms with van der Waals surface area (Å²) in [6.07, 6.45) is 5.24. The molecule has 6 nitrogen and oxygen atoms in total. The minimum atomic E-state index is 0.0795. The van der Waals surface area contributed by atoms with Gasteiger partial charge in [0.25, 0.3) is 5.91 Å². The Balaban J connectivity index is 1.39. The summed E-state index contributed by atoms with van der Waals surface area (Å²) in [5, 5.41) is 0. The summed E-state index contributed by atoms with van der Waals surface area (Å²) in [6.45, 7) is 4.18. The van der Waals surface area contributed by atoms with E-state index in [9.17, 15) is 9.59 Å². The van der Waals surface area contributed by atoms with E-state index in [2.05, 4.69) is 21.9 Å². The van der Waals surface area contributed by atoms with Crippen LogP contribution in [0.3, 0.4) is 0 Å². The van der Waals surface area contributed by atoms with Crippen molar-refractivity contribution in [2.45, 2.75) is 38.1 Å². The van der Waals surface area contributed by atoms with Gasteiger partial charge < -0.3 is 14.5 Å². The molecule has 2 aromatic carbocycles. The molecule has 2 aliphatic rings. The van der Waals surface area contributed by atoms with Gasteiger partial charge in [-0.15, -0.1) is 0 Å². The molecular weight excluding hydrogens is 414 g/mol. The summed E-state index contributed by atoms with van der Waals surface area (Å²) in [4.78, 5) is 32.5. The molecule has 176 valence electrons. The van der Waals surface area contributed by atoms with Crippen LogP contribution in [-0.2, 0) is 4.79 Å². The van der Waals surface area contributed by atoms with Crippen molar-refractivity contribution in [3.05, 3.63) is 65.7 Å². The van der Waals surface area contributed by atoms with Crippen LogP contribution in [0, 0.1) is 0 Å². The number of ether oxygens (including phenoxy) is 1. The second kappa shape index (κ2) is 11.3. The first-order chi connectivity index (χ1) is 16.2. The van der Waals surface area contributed by atoms with Crippen molar-refractivity contribution in [2.75, 3.05) is 46.4 Å². The molecule has 2 aliphatic heterocycles. The first-order valence-electron chi connectivity index (χ1n) is 12.2. The average molecular weight is 450 g/mol. The maximum Gasteiger partial charge on any atom is 0.253 e. The maximum absolute atomic E-state index is 13.5. The topological polar surface area (TPSA) is 53.1 Å². The van der Waals surface area contributed by atoms with E-state index < -0.39 is 0 Å². The highest BCUT2D eigenvalue weighted by atomic mass is 16.5. The van der Waals surface area contributed by atoms with Crippen LogP contribution in [0.4, 0.5) is 0 Å². The Kier molecular flexibility index (Phi) is 8.00. The van der Waals surface area contributed by atoms with E-state index in [-0.39, 0.29) is 17.9 Å². The fourth-order valence-corrected chi connectivity index (χ4v) is 4.96. The van der Waals surface area contributed by atoms with E-state index in [0.29, 0.717) is 13.1 Å². The van der Waals surface area contributed by atoms with E-state index in [4.69, 9.17) is 4.74 Å². The average Bonchev–Trinajstić information content (AvgIpc) is 3.25. The number of amides is 2. The SMILES string of the molecule is COc1ccc(C2CCCCCN2C(=O)CN2CCCN(C(=O)c3ccccc3)CC2)cc1. The molecule has 4 rings (SSSR count). The Morgan fingerprint density at radius 2 is 1.64 bits per heavy atom. The molecule has 2 aromatic rings. The summed E-state index contributed by atoms with van der Waals surface area (Å²) in [7, 11) is 1.67. The Morgan fingerprint density at radius 1 is 0.848 bits per heavy atom. The lowest BCUT2D eigenvalue weighted by atomic mass is 10.0. The molecule has 6 heteroatoms. The number of likely N-dealkylation sites (tertiary alicyclic amines) is 1. The van der Waals surface area contributed by atoms with Crippen LogP contribution in [-0.4, -0.2) is 72.9 Å². The molecule has 1 unspecified atom stereocenters. The minimum Gasteiger partial charge on any atom is -0.497 e. The number of carbonyl (C=O) groups is 2. The highest BCUT2D eigenvalue weighted by molar-refractivity contribution is 5.94. The van der Waals surface area contributed by atoms with Gasteiger partial charge in [-0.05, 0) is 49.1 Å². The Morgan fingerprint density at radius 3 is 2.39 bits per heavy atom. The number of benzene rings is 2. The predicted molar refractivity (Wildman–Crippen MR) is 129 cm³/mol. The molecule has 0 saturated carbocycles. The number of nitrogens with zero attached hydrogens (tertiary/aromatic N) is 3. The van der Waals surface area contributed by atoms with E-state index in [1.54, 1.807) is 7.11 Å². The normalized spacial score (nSPS) is 20.1. The molecule has 0 bridgehead atoms. The lowest BCUT2D eigenvalue weighted by Gasteiger charge is -2.32. The maximum atomic E-state index is 13.5. The highest BCUT2D eigenvalue weighted by Gasteiger charge is 2.29. The number of hydrogen-bond donors (Lipinski definition) is 0. The zero-order chi connectivity index (χ0) is 23.0. The zero-order valence-corrected chi connectivity index (χ0v) is 19.6. The second-order valence-corrected chi connectivity index (χ2v) is 9.01. The molecule has 1 atom stereocenters. The molecule has 33 heavy (non-hydrogen) atoms. The van der Waals surface area contributed by atoms with Crippen LogP contribution in [0.5, 0.6) is 5.75 Å². The third-order valence-corrected chi connectivity index (χ3v) is 6.83. The fraction of sp³-hybridized carbons (Fsp3) is 0.481. The standard InChI is InChI=1S/C27H35N3O3/c1-33-24-14-12-22(13-15-24)25-11-6-3-7-18-30(25)26(31)21-28-16-8-17-29(20-19-28)27(32)23-9-4-2-5-10-23/h2,4-5,9-10,12-15,25H,3,6-8,11,16-21H2,1H3. The second-order valence-electron chi connectivity index (χ2n) is 9.01. The molecular formula is C27H35N3O3. The summed E-state index contributed by atoms with van der Waals surface area (Å²) >= 11 is 0. The van der Waals surface area contributed by atoms with Gasteiger partial charge in [0, 0.05) is 38.3 Å². The molecule has 2 fully saturated rings. The fourth-order valence-electron chi connectivity index (χ4n) is 4.96. The van der Waals surface area contributed by atoms with Gasteiger partial charge in [0.1, 0.15) is 5.75 Å². The smallest absolute Gasteiger partial charge is 0.253 e. The van der Waals surface area contributed by atoms with Gasteiger partial charge in [-0.25, -0.2) is 0 Å². The van der Waals surface area contributed by atoms with Crippen LogP contribution < -0.4 is 4.74 Å². The summed E-state index contributed by atoms with van der Waals surface area (Å²) in [6, 6.07) is 17.7. The van der Waals surface area contributed by atoms with Crippen LogP contribution in [0.25, 0.3) is 0 Å². The van der Waals surface area contributed by atoms with Gasteiger partial charge in [0.2, 0.25) is 5.91 Å². The predicted octanol–water partition coefficient (Wildman–Crippen LogP) is 3.99. The van der Waals surface area contributed by atoms with Gasteiger partial charge in [-0.3, -0.25) is 14.5 Å². The van der Waals surface area contributed by atoms with Crippen molar-refractivity contribution < 1.29 is 14.3 Å². The van der Waals surface area contributed by atoms with E-state index in [1.165, 1.54) is 5.56 Å². The summed E-state index contributed by atoms with van der Waals surface area (Å²) < 4.78 is 5.31. The van der Waals surface area contributed by atoms with Gasteiger partial charge in [-0.2, -0.15) is 0 Å². The van der Waals surface area contributed by atoms with Crippen molar-refractivity contribution in [2.24, 2.45) is 0 Å². The van der Waals surface area contributed by atoms with E-state index in [0.717, 1.165) is 69.6 Å². The summed E-state index contributed by atoms with van der Waals surface area (Å²) in [5.74, 6) is 1.11. The molecule has 2 saturated heterocycles. The quantitative estimate of drug-likeness (QED) is 0.693. The molecule has 2 heterocycles. The number of methoxy groups -OCH3 is 1. The third kappa shape index (κ3) is 5.93. The van der Waals surface area contributed by atoms with Crippen LogP contribution in [0.1, 0.15) is 54.1 Å². The van der Waals surface area contributed by atoms with Crippen molar-refractivity contribution in [1.29, 1.82) is 0 Å². The Bertz CT molecular complexity index is 916. The van der Waals surface area contributed by atoms with Gasteiger partial charge in [-0.1, -0.05) is 43.2 Å². The summed E-state index contributed by atoms with van der Waals surface area (Å²) in [5.41, 5.74) is 1.91. The van der Waals surface area contributed by atoms with Crippen molar-refractivity contribution >= 4 is 11.8 Å². The number of hydrogen-bond acceptors (Lipinski definition) is 4. The van der Waals surface area contributed by atoms with Crippen LogP contribution in [0.2, 0.25) is 0 Å². The van der Waals surface area contributed by atoms with Gasteiger partial charge in [0.15, 0.2) is 0 Å². The van der Waals surface area contributed by atoms with E-state index in [1.807, 2.05) is 47.4 Å². The largest absolute Gasteiger partial charge is 0.497 e. The first-order valence-corrected chi connectivity index (χ1v) is 12.2. The zero-order valence-electron chi connectivity index (χ0n) is 19.6. The van der Waals surface area contributed by atoms with Crippen LogP contribution >= 0.6 is 0 Å². The van der Waals surface area contributed by atoms with Gasteiger partial charge in [0.05, 0.1) is 19.7 Å². The molecule has 0 radical (unpaired) electrons. The number of carbonyl (C=O) groups excluding carboxylic acids is 2. The lowest BCUT2D eigenvalue weighted by molar-refractivity contribution is -0.134. The first kappa shape index (κ1) is 23.3.